The third-order valence-corrected chi connectivity index (χ3v) is 6.90. The van der Waals surface area contributed by atoms with Crippen LogP contribution in [0.1, 0.15) is 55.4 Å². The van der Waals surface area contributed by atoms with E-state index in [1.807, 2.05) is 24.3 Å². The summed E-state index contributed by atoms with van der Waals surface area (Å²) in [5.41, 5.74) is 7.23. The van der Waals surface area contributed by atoms with Crippen LogP contribution in [0.2, 0.25) is 0 Å². The van der Waals surface area contributed by atoms with E-state index in [2.05, 4.69) is 36.0 Å². The van der Waals surface area contributed by atoms with Crippen molar-refractivity contribution in [3.8, 4) is 0 Å². The molecule has 1 unspecified atom stereocenters. The average molecular weight is 373 g/mol. The van der Waals surface area contributed by atoms with Crippen molar-refractivity contribution in [1.82, 2.24) is 0 Å². The summed E-state index contributed by atoms with van der Waals surface area (Å²) in [6, 6.07) is 12.0. The summed E-state index contributed by atoms with van der Waals surface area (Å²) in [5, 5.41) is 3.04. The standard InChI is InChI=1S/C21H28N2O2S/c1-14(2)26(24,25)23-19-9-6-17(7-10-19)13-22-20-11-16(4)21-15(3)5-8-18(21)12-20/h6-7,9-12,14-15,22-23H,5,8,13H2,1-4H3. The molecule has 3 rings (SSSR count). The van der Waals surface area contributed by atoms with Gasteiger partial charge in [0.15, 0.2) is 0 Å². The minimum atomic E-state index is -3.30. The molecule has 0 aromatic heterocycles. The minimum absolute atomic E-state index is 0.449. The van der Waals surface area contributed by atoms with Gasteiger partial charge >= 0.3 is 0 Å². The highest BCUT2D eigenvalue weighted by atomic mass is 32.2. The number of sulfonamides is 1. The van der Waals surface area contributed by atoms with E-state index in [4.69, 9.17) is 0 Å². The predicted octanol–water partition coefficient (Wildman–Crippen LogP) is 4.81. The van der Waals surface area contributed by atoms with Crippen molar-refractivity contribution in [2.24, 2.45) is 0 Å². The maximum Gasteiger partial charge on any atom is 0.235 e. The Labute approximate surface area is 157 Å². The van der Waals surface area contributed by atoms with E-state index < -0.39 is 15.3 Å². The van der Waals surface area contributed by atoms with Crippen molar-refractivity contribution >= 4 is 21.4 Å². The first-order valence-electron chi connectivity index (χ1n) is 9.24. The number of anilines is 2. The van der Waals surface area contributed by atoms with Crippen molar-refractivity contribution < 1.29 is 8.42 Å². The molecule has 0 saturated heterocycles. The van der Waals surface area contributed by atoms with Crippen molar-refractivity contribution in [3.63, 3.8) is 0 Å². The number of fused-ring (bicyclic) bond motifs is 1. The van der Waals surface area contributed by atoms with Crippen LogP contribution in [-0.4, -0.2) is 13.7 Å². The second kappa shape index (κ2) is 7.31. The van der Waals surface area contributed by atoms with Crippen molar-refractivity contribution in [3.05, 3.63) is 58.7 Å². The maximum atomic E-state index is 11.9. The lowest BCUT2D eigenvalue weighted by atomic mass is 9.97. The molecule has 26 heavy (non-hydrogen) atoms. The van der Waals surface area contributed by atoms with Crippen LogP contribution in [0.3, 0.4) is 0 Å². The van der Waals surface area contributed by atoms with E-state index in [0.29, 0.717) is 18.2 Å². The second-order valence-electron chi connectivity index (χ2n) is 7.55. The first-order valence-corrected chi connectivity index (χ1v) is 10.8. The number of aryl methyl sites for hydroxylation is 2. The summed E-state index contributed by atoms with van der Waals surface area (Å²) < 4.78 is 26.5. The fourth-order valence-corrected chi connectivity index (χ4v) is 4.28. The van der Waals surface area contributed by atoms with Gasteiger partial charge in [0, 0.05) is 17.9 Å². The van der Waals surface area contributed by atoms with Crippen LogP contribution in [-0.2, 0) is 23.0 Å². The van der Waals surface area contributed by atoms with E-state index >= 15 is 0 Å². The Balaban J connectivity index is 1.65. The summed E-state index contributed by atoms with van der Waals surface area (Å²) in [4.78, 5) is 0. The molecule has 0 saturated carbocycles. The second-order valence-corrected chi connectivity index (χ2v) is 9.79. The van der Waals surface area contributed by atoms with E-state index in [1.165, 1.54) is 23.1 Å². The van der Waals surface area contributed by atoms with Crippen LogP contribution in [0, 0.1) is 6.92 Å². The van der Waals surface area contributed by atoms with E-state index in [9.17, 15) is 8.42 Å². The van der Waals surface area contributed by atoms with Gasteiger partial charge in [-0.15, -0.1) is 0 Å². The van der Waals surface area contributed by atoms with Crippen LogP contribution in [0.25, 0.3) is 0 Å². The molecule has 0 heterocycles. The summed E-state index contributed by atoms with van der Waals surface area (Å²) >= 11 is 0. The molecule has 2 aromatic carbocycles. The van der Waals surface area contributed by atoms with E-state index in [-0.39, 0.29) is 0 Å². The zero-order chi connectivity index (χ0) is 18.9. The molecule has 1 aliphatic carbocycles. The summed E-state index contributed by atoms with van der Waals surface area (Å²) in [5.74, 6) is 0.668. The first-order chi connectivity index (χ1) is 12.3. The molecule has 5 heteroatoms. The van der Waals surface area contributed by atoms with Crippen molar-refractivity contribution in [1.29, 1.82) is 0 Å². The van der Waals surface area contributed by atoms with Crippen LogP contribution in [0.4, 0.5) is 11.4 Å². The summed E-state index contributed by atoms with van der Waals surface area (Å²) in [7, 11) is -3.30. The highest BCUT2D eigenvalue weighted by molar-refractivity contribution is 7.93. The van der Waals surface area contributed by atoms with Gasteiger partial charge in [-0.25, -0.2) is 8.42 Å². The average Bonchev–Trinajstić information content (AvgIpc) is 2.95. The zero-order valence-corrected chi connectivity index (χ0v) is 16.8. The van der Waals surface area contributed by atoms with E-state index in [0.717, 1.165) is 17.7 Å². The largest absolute Gasteiger partial charge is 0.381 e. The van der Waals surface area contributed by atoms with Crippen molar-refractivity contribution in [2.45, 2.75) is 58.2 Å². The van der Waals surface area contributed by atoms with Crippen LogP contribution >= 0.6 is 0 Å². The van der Waals surface area contributed by atoms with Gasteiger partial charge in [-0.2, -0.15) is 0 Å². The molecule has 0 radical (unpaired) electrons. The number of rotatable bonds is 6. The predicted molar refractivity (Wildman–Crippen MR) is 109 cm³/mol. The lowest BCUT2D eigenvalue weighted by Gasteiger charge is -2.14. The zero-order valence-electron chi connectivity index (χ0n) is 16.0. The van der Waals surface area contributed by atoms with Gasteiger partial charge in [0.25, 0.3) is 0 Å². The Kier molecular flexibility index (Phi) is 5.28. The van der Waals surface area contributed by atoms with Crippen LogP contribution < -0.4 is 10.0 Å². The smallest absolute Gasteiger partial charge is 0.235 e. The monoisotopic (exact) mass is 372 g/mol. The van der Waals surface area contributed by atoms with Crippen LogP contribution in [0.5, 0.6) is 0 Å². The highest BCUT2D eigenvalue weighted by Gasteiger charge is 2.21. The third-order valence-electron chi connectivity index (χ3n) is 5.14. The molecular weight excluding hydrogens is 344 g/mol. The number of hydrogen-bond donors (Lipinski definition) is 2. The molecule has 0 fully saturated rings. The quantitative estimate of drug-likeness (QED) is 0.765. The molecule has 2 N–H and O–H groups in total. The lowest BCUT2D eigenvalue weighted by Crippen LogP contribution is -2.22. The SMILES string of the molecule is Cc1cc(NCc2ccc(NS(=O)(=O)C(C)C)cc2)cc2c1C(C)CC2. The lowest BCUT2D eigenvalue weighted by molar-refractivity contribution is 0.593. The Morgan fingerprint density at radius 2 is 1.81 bits per heavy atom. The Bertz CT molecular complexity index is 887. The molecule has 1 atom stereocenters. The van der Waals surface area contributed by atoms with Gasteiger partial charge in [-0.3, -0.25) is 4.72 Å². The van der Waals surface area contributed by atoms with Gasteiger partial charge < -0.3 is 5.32 Å². The third kappa shape index (κ3) is 4.04. The molecule has 4 nitrogen and oxygen atoms in total. The van der Waals surface area contributed by atoms with Crippen LogP contribution in [0.15, 0.2) is 36.4 Å². The molecule has 0 aliphatic heterocycles. The summed E-state index contributed by atoms with van der Waals surface area (Å²) in [6.45, 7) is 8.55. The molecule has 0 amide bonds. The number of nitrogens with one attached hydrogen (secondary N) is 2. The molecule has 0 spiro atoms. The Morgan fingerprint density at radius 1 is 1.12 bits per heavy atom. The Morgan fingerprint density at radius 3 is 2.46 bits per heavy atom. The van der Waals surface area contributed by atoms with Crippen molar-refractivity contribution in [2.75, 3.05) is 10.0 Å². The fourth-order valence-electron chi connectivity index (χ4n) is 3.58. The highest BCUT2D eigenvalue weighted by Crippen LogP contribution is 2.36. The van der Waals surface area contributed by atoms with Gasteiger partial charge in [0.05, 0.1) is 5.25 Å². The molecule has 2 aromatic rings. The molecule has 1 aliphatic rings. The maximum absolute atomic E-state index is 11.9. The van der Waals surface area contributed by atoms with Gasteiger partial charge in [0.2, 0.25) is 10.0 Å². The molecular formula is C21H28N2O2S. The molecule has 140 valence electrons. The fraction of sp³-hybridized carbons (Fsp3) is 0.429. The van der Waals surface area contributed by atoms with Gasteiger partial charge in [-0.05, 0) is 86.1 Å². The normalized spacial score (nSPS) is 16.6. The number of hydrogen-bond acceptors (Lipinski definition) is 3. The molecule has 0 bridgehead atoms. The number of benzene rings is 2. The topological polar surface area (TPSA) is 58.2 Å². The first kappa shape index (κ1) is 18.8. The summed E-state index contributed by atoms with van der Waals surface area (Å²) in [6.07, 6.45) is 2.41. The van der Waals surface area contributed by atoms with E-state index in [1.54, 1.807) is 13.8 Å². The Hall–Kier alpha value is -2.01. The van der Waals surface area contributed by atoms with Gasteiger partial charge in [0.1, 0.15) is 0 Å². The minimum Gasteiger partial charge on any atom is -0.381 e. The van der Waals surface area contributed by atoms with Gasteiger partial charge in [-0.1, -0.05) is 19.1 Å².